The Balaban J connectivity index is 2.25. The molecule has 118 valence electrons. The Morgan fingerprint density at radius 1 is 1.09 bits per heavy atom. The van der Waals surface area contributed by atoms with Gasteiger partial charge in [0.2, 0.25) is 0 Å². The first-order valence-electron chi connectivity index (χ1n) is 6.93. The van der Waals surface area contributed by atoms with Gasteiger partial charge in [-0.1, -0.05) is 42.5 Å². The summed E-state index contributed by atoms with van der Waals surface area (Å²) in [5.41, 5.74) is 0.932. The Hall–Kier alpha value is -3.02. The zero-order chi connectivity index (χ0) is 16.8. The standard InChI is InChI=1S/C17H15NO5/c1-23-17(20)15(11-16(19)13-5-3-2-4-6-13)12-7-9-14(10-8-12)18(21)22/h2-10,15H,11H2,1H3. The summed E-state index contributed by atoms with van der Waals surface area (Å²) in [6.45, 7) is 0. The fourth-order valence-electron chi connectivity index (χ4n) is 2.24. The fourth-order valence-corrected chi connectivity index (χ4v) is 2.24. The van der Waals surface area contributed by atoms with Gasteiger partial charge in [-0.3, -0.25) is 19.7 Å². The molecule has 6 heteroatoms. The smallest absolute Gasteiger partial charge is 0.313 e. The molecule has 0 bridgehead atoms. The highest BCUT2D eigenvalue weighted by atomic mass is 16.6. The number of esters is 1. The molecular formula is C17H15NO5. The van der Waals surface area contributed by atoms with Crippen LogP contribution in [0.4, 0.5) is 5.69 Å². The molecule has 0 saturated heterocycles. The van der Waals surface area contributed by atoms with E-state index in [0.717, 1.165) is 0 Å². The first-order chi connectivity index (χ1) is 11.0. The van der Waals surface area contributed by atoms with Gasteiger partial charge in [0, 0.05) is 24.1 Å². The SMILES string of the molecule is COC(=O)C(CC(=O)c1ccccc1)c1ccc([N+](=O)[O-])cc1. The number of ether oxygens (including phenoxy) is 1. The van der Waals surface area contributed by atoms with Crippen LogP contribution in [0.25, 0.3) is 0 Å². The molecule has 0 aromatic heterocycles. The molecule has 1 atom stereocenters. The Bertz CT molecular complexity index is 710. The second kappa shape index (κ2) is 7.31. The lowest BCUT2D eigenvalue weighted by Gasteiger charge is -2.14. The van der Waals surface area contributed by atoms with Crippen LogP contribution in [0.15, 0.2) is 54.6 Å². The minimum absolute atomic E-state index is 0.0610. The van der Waals surface area contributed by atoms with Gasteiger partial charge in [-0.05, 0) is 5.56 Å². The van der Waals surface area contributed by atoms with Crippen LogP contribution in [-0.2, 0) is 9.53 Å². The van der Waals surface area contributed by atoms with Gasteiger partial charge in [0.1, 0.15) is 0 Å². The lowest BCUT2D eigenvalue weighted by Crippen LogP contribution is -2.18. The van der Waals surface area contributed by atoms with E-state index in [0.29, 0.717) is 11.1 Å². The van der Waals surface area contributed by atoms with Gasteiger partial charge in [-0.15, -0.1) is 0 Å². The number of carbonyl (C=O) groups is 2. The first kappa shape index (κ1) is 16.4. The first-order valence-corrected chi connectivity index (χ1v) is 6.93. The molecule has 0 heterocycles. The number of nitrogens with zero attached hydrogens (tertiary/aromatic N) is 1. The second-order valence-electron chi connectivity index (χ2n) is 4.92. The summed E-state index contributed by atoms with van der Waals surface area (Å²) in [4.78, 5) is 34.5. The highest BCUT2D eigenvalue weighted by molar-refractivity contribution is 5.99. The largest absolute Gasteiger partial charge is 0.469 e. The molecule has 0 N–H and O–H groups in total. The maximum atomic E-state index is 12.3. The number of benzene rings is 2. The number of hydrogen-bond acceptors (Lipinski definition) is 5. The van der Waals surface area contributed by atoms with Crippen LogP contribution in [0.5, 0.6) is 0 Å². The third kappa shape index (κ3) is 4.00. The van der Waals surface area contributed by atoms with Crippen LogP contribution in [0.1, 0.15) is 28.3 Å². The summed E-state index contributed by atoms with van der Waals surface area (Å²) in [5.74, 6) is -1.55. The highest BCUT2D eigenvalue weighted by Crippen LogP contribution is 2.25. The molecule has 0 aliphatic rings. The number of nitro groups is 1. The van der Waals surface area contributed by atoms with E-state index in [1.165, 1.54) is 31.4 Å². The van der Waals surface area contributed by atoms with Crippen LogP contribution in [-0.4, -0.2) is 23.8 Å². The molecule has 0 amide bonds. The lowest BCUT2D eigenvalue weighted by atomic mass is 9.91. The third-order valence-electron chi connectivity index (χ3n) is 3.48. The topological polar surface area (TPSA) is 86.5 Å². The molecule has 0 saturated carbocycles. The Morgan fingerprint density at radius 2 is 1.70 bits per heavy atom. The van der Waals surface area contributed by atoms with E-state index in [9.17, 15) is 19.7 Å². The predicted molar refractivity (Wildman–Crippen MR) is 83.2 cm³/mol. The van der Waals surface area contributed by atoms with Gasteiger partial charge in [0.25, 0.3) is 5.69 Å². The molecule has 0 aliphatic carbocycles. The average Bonchev–Trinajstić information content (AvgIpc) is 2.59. The number of non-ortho nitro benzene ring substituents is 1. The van der Waals surface area contributed by atoms with Gasteiger partial charge in [0.05, 0.1) is 18.0 Å². The van der Waals surface area contributed by atoms with Gasteiger partial charge >= 0.3 is 5.97 Å². The van der Waals surface area contributed by atoms with Crippen LogP contribution < -0.4 is 0 Å². The van der Waals surface area contributed by atoms with E-state index in [2.05, 4.69) is 0 Å². The summed E-state index contributed by atoms with van der Waals surface area (Å²) in [7, 11) is 1.24. The number of rotatable bonds is 6. The van der Waals surface area contributed by atoms with Gasteiger partial charge in [-0.25, -0.2) is 0 Å². The summed E-state index contributed by atoms with van der Waals surface area (Å²) in [6, 6.07) is 14.2. The molecule has 0 spiro atoms. The molecule has 1 unspecified atom stereocenters. The molecule has 2 aromatic rings. The number of hydrogen-bond donors (Lipinski definition) is 0. The summed E-state index contributed by atoms with van der Waals surface area (Å²) >= 11 is 0. The second-order valence-corrected chi connectivity index (χ2v) is 4.92. The summed E-state index contributed by atoms with van der Waals surface area (Å²) in [6.07, 6.45) is -0.0610. The van der Waals surface area contributed by atoms with Gasteiger partial charge < -0.3 is 4.74 Å². The quantitative estimate of drug-likeness (QED) is 0.354. The third-order valence-corrected chi connectivity index (χ3v) is 3.48. The van der Waals surface area contributed by atoms with Crippen LogP contribution in [0, 0.1) is 10.1 Å². The molecule has 2 rings (SSSR count). The summed E-state index contributed by atoms with van der Waals surface area (Å²) < 4.78 is 4.76. The van der Waals surface area contributed by atoms with E-state index < -0.39 is 16.8 Å². The maximum Gasteiger partial charge on any atom is 0.313 e. The number of nitro benzene ring substituents is 1. The van der Waals surface area contributed by atoms with Crippen molar-refractivity contribution in [3.05, 3.63) is 75.8 Å². The van der Waals surface area contributed by atoms with Crippen molar-refractivity contribution < 1.29 is 19.2 Å². The van der Waals surface area contributed by atoms with Crippen molar-refractivity contribution >= 4 is 17.4 Å². The molecular weight excluding hydrogens is 298 g/mol. The van der Waals surface area contributed by atoms with E-state index >= 15 is 0 Å². The average molecular weight is 313 g/mol. The lowest BCUT2D eigenvalue weighted by molar-refractivity contribution is -0.384. The van der Waals surface area contributed by atoms with Crippen molar-refractivity contribution in [2.24, 2.45) is 0 Å². The summed E-state index contributed by atoms with van der Waals surface area (Å²) in [5, 5.41) is 10.7. The van der Waals surface area contributed by atoms with Crippen molar-refractivity contribution in [1.82, 2.24) is 0 Å². The molecule has 6 nitrogen and oxygen atoms in total. The highest BCUT2D eigenvalue weighted by Gasteiger charge is 2.25. The van der Waals surface area contributed by atoms with E-state index in [1.54, 1.807) is 30.3 Å². The number of ketones is 1. The maximum absolute atomic E-state index is 12.3. The van der Waals surface area contributed by atoms with Crippen LogP contribution in [0.2, 0.25) is 0 Å². The number of carbonyl (C=O) groups excluding carboxylic acids is 2. The minimum atomic E-state index is -0.798. The molecule has 0 aliphatic heterocycles. The van der Waals surface area contributed by atoms with Gasteiger partial charge in [-0.2, -0.15) is 0 Å². The van der Waals surface area contributed by atoms with Crippen molar-refractivity contribution in [2.45, 2.75) is 12.3 Å². The molecule has 0 fully saturated rings. The molecule has 23 heavy (non-hydrogen) atoms. The predicted octanol–water partition coefficient (Wildman–Crippen LogP) is 3.12. The zero-order valence-electron chi connectivity index (χ0n) is 12.5. The minimum Gasteiger partial charge on any atom is -0.469 e. The normalized spacial score (nSPS) is 11.5. The Kier molecular flexibility index (Phi) is 5.19. The molecule has 0 radical (unpaired) electrons. The van der Waals surface area contributed by atoms with E-state index in [1.807, 2.05) is 0 Å². The number of Topliss-reactive ketones (excluding diaryl/α,β-unsaturated/α-hetero) is 1. The van der Waals surface area contributed by atoms with Crippen LogP contribution in [0.3, 0.4) is 0 Å². The number of methoxy groups -OCH3 is 1. The van der Waals surface area contributed by atoms with E-state index in [-0.39, 0.29) is 17.9 Å². The zero-order valence-corrected chi connectivity index (χ0v) is 12.5. The Labute approximate surface area is 132 Å². The Morgan fingerprint density at radius 3 is 2.22 bits per heavy atom. The van der Waals surface area contributed by atoms with Crippen molar-refractivity contribution in [2.75, 3.05) is 7.11 Å². The van der Waals surface area contributed by atoms with E-state index in [4.69, 9.17) is 4.74 Å². The monoisotopic (exact) mass is 313 g/mol. The van der Waals surface area contributed by atoms with Gasteiger partial charge in [0.15, 0.2) is 5.78 Å². The molecule has 2 aromatic carbocycles. The van der Waals surface area contributed by atoms with Crippen molar-refractivity contribution in [3.63, 3.8) is 0 Å². The van der Waals surface area contributed by atoms with Crippen molar-refractivity contribution in [3.8, 4) is 0 Å². The fraction of sp³-hybridized carbons (Fsp3) is 0.176. The van der Waals surface area contributed by atoms with Crippen LogP contribution >= 0.6 is 0 Å². The van der Waals surface area contributed by atoms with Crippen molar-refractivity contribution in [1.29, 1.82) is 0 Å².